The highest BCUT2D eigenvalue weighted by atomic mass is 16.5. The molecule has 0 saturated carbocycles. The summed E-state index contributed by atoms with van der Waals surface area (Å²) in [7, 11) is 1.67. The largest absolute Gasteiger partial charge is 0.392 e. The minimum Gasteiger partial charge on any atom is -0.392 e. The lowest BCUT2D eigenvalue weighted by Gasteiger charge is -2.25. The fourth-order valence-corrected chi connectivity index (χ4v) is 1.91. The molecule has 0 aliphatic heterocycles. The molecule has 0 heterocycles. The maximum atomic E-state index is 9.10. The Labute approximate surface area is 108 Å². The van der Waals surface area contributed by atoms with Gasteiger partial charge in [0.2, 0.25) is 0 Å². The van der Waals surface area contributed by atoms with Crippen LogP contribution in [0.2, 0.25) is 0 Å². The molecule has 18 heavy (non-hydrogen) atoms. The minimum absolute atomic E-state index is 0.0530. The number of nitrogens with zero attached hydrogens (tertiary/aromatic N) is 2. The van der Waals surface area contributed by atoms with Crippen molar-refractivity contribution in [1.29, 1.82) is 5.26 Å². The Kier molecular flexibility index (Phi) is 6.20. The van der Waals surface area contributed by atoms with E-state index in [0.29, 0.717) is 19.6 Å². The molecule has 0 atom stereocenters. The number of nitriles is 1. The van der Waals surface area contributed by atoms with Crippen LogP contribution >= 0.6 is 0 Å². The Balaban J connectivity index is 2.86. The molecule has 0 fully saturated rings. The first-order chi connectivity index (χ1) is 8.72. The van der Waals surface area contributed by atoms with Crippen LogP contribution in [0, 0.1) is 18.3 Å². The molecule has 0 aliphatic carbocycles. The third-order valence-corrected chi connectivity index (χ3v) is 2.84. The smallest absolute Gasteiger partial charge is 0.0681 e. The molecule has 4 heteroatoms. The fraction of sp³-hybridized carbons (Fsp3) is 0.500. The number of aliphatic hydroxyl groups is 1. The van der Waals surface area contributed by atoms with Gasteiger partial charge in [0.05, 0.1) is 25.7 Å². The van der Waals surface area contributed by atoms with E-state index in [2.05, 4.69) is 11.0 Å². The molecule has 4 nitrogen and oxygen atoms in total. The van der Waals surface area contributed by atoms with Gasteiger partial charge in [-0.05, 0) is 24.1 Å². The number of hydrogen-bond donors (Lipinski definition) is 1. The van der Waals surface area contributed by atoms with Crippen LogP contribution in [0.4, 0.5) is 5.69 Å². The van der Waals surface area contributed by atoms with Gasteiger partial charge in [0.1, 0.15) is 0 Å². The molecular weight excluding hydrogens is 228 g/mol. The zero-order valence-corrected chi connectivity index (χ0v) is 11.0. The monoisotopic (exact) mass is 248 g/mol. The summed E-state index contributed by atoms with van der Waals surface area (Å²) in [5, 5.41) is 17.8. The molecule has 0 saturated heterocycles. The summed E-state index contributed by atoms with van der Waals surface area (Å²) in [4.78, 5) is 2.14. The van der Waals surface area contributed by atoms with Crippen LogP contribution in [0.5, 0.6) is 0 Å². The van der Waals surface area contributed by atoms with Gasteiger partial charge in [-0.15, -0.1) is 0 Å². The normalized spacial score (nSPS) is 10.1. The van der Waals surface area contributed by atoms with Crippen molar-refractivity contribution in [2.24, 2.45) is 0 Å². The van der Waals surface area contributed by atoms with E-state index in [4.69, 9.17) is 15.1 Å². The molecule has 0 aromatic heterocycles. The van der Waals surface area contributed by atoms with Crippen LogP contribution in [0.25, 0.3) is 0 Å². The first-order valence-electron chi connectivity index (χ1n) is 6.04. The predicted molar refractivity (Wildman–Crippen MR) is 71.4 cm³/mol. The molecule has 1 N–H and O–H groups in total. The number of hydrogen-bond acceptors (Lipinski definition) is 4. The van der Waals surface area contributed by atoms with Crippen LogP contribution in [-0.4, -0.2) is 31.9 Å². The Bertz CT molecular complexity index is 413. The van der Waals surface area contributed by atoms with Gasteiger partial charge in [0.15, 0.2) is 0 Å². The summed E-state index contributed by atoms with van der Waals surface area (Å²) in [6.45, 7) is 4.15. The molecule has 0 spiro atoms. The highest BCUT2D eigenvalue weighted by Gasteiger charge is 2.09. The van der Waals surface area contributed by atoms with Crippen LogP contribution < -0.4 is 4.90 Å². The Morgan fingerprint density at radius 2 is 2.17 bits per heavy atom. The number of aliphatic hydroxyl groups excluding tert-OH is 1. The van der Waals surface area contributed by atoms with E-state index in [9.17, 15) is 0 Å². The quantitative estimate of drug-likeness (QED) is 0.800. The highest BCUT2D eigenvalue weighted by Crippen LogP contribution is 2.21. The Hall–Kier alpha value is -1.57. The molecule has 0 aliphatic rings. The second-order valence-electron chi connectivity index (χ2n) is 4.17. The Morgan fingerprint density at radius 3 is 2.72 bits per heavy atom. The van der Waals surface area contributed by atoms with Gasteiger partial charge in [-0.1, -0.05) is 12.1 Å². The van der Waals surface area contributed by atoms with Gasteiger partial charge in [-0.25, -0.2) is 0 Å². The first-order valence-corrected chi connectivity index (χ1v) is 6.04. The van der Waals surface area contributed by atoms with Crippen molar-refractivity contribution in [2.45, 2.75) is 20.0 Å². The first kappa shape index (κ1) is 14.5. The number of ether oxygens (including phenoxy) is 1. The van der Waals surface area contributed by atoms with Crippen molar-refractivity contribution in [2.75, 3.05) is 31.7 Å². The number of anilines is 1. The molecule has 0 unspecified atom stereocenters. The number of methoxy groups -OCH3 is 1. The molecule has 0 bridgehead atoms. The number of benzene rings is 1. The fourth-order valence-electron chi connectivity index (χ4n) is 1.91. The lowest BCUT2D eigenvalue weighted by molar-refractivity contribution is 0.205. The second-order valence-corrected chi connectivity index (χ2v) is 4.17. The molecule has 1 aromatic carbocycles. The maximum absolute atomic E-state index is 9.10. The van der Waals surface area contributed by atoms with Gasteiger partial charge < -0.3 is 14.7 Å². The van der Waals surface area contributed by atoms with E-state index < -0.39 is 0 Å². The van der Waals surface area contributed by atoms with Gasteiger partial charge in [-0.3, -0.25) is 0 Å². The number of rotatable bonds is 7. The average molecular weight is 248 g/mol. The summed E-state index contributed by atoms with van der Waals surface area (Å²) < 4.78 is 5.09. The Morgan fingerprint density at radius 1 is 1.39 bits per heavy atom. The lowest BCUT2D eigenvalue weighted by Crippen LogP contribution is -2.28. The molecule has 0 radical (unpaired) electrons. The zero-order chi connectivity index (χ0) is 13.4. The third kappa shape index (κ3) is 4.02. The molecule has 98 valence electrons. The minimum atomic E-state index is 0.0530. The van der Waals surface area contributed by atoms with E-state index in [-0.39, 0.29) is 6.61 Å². The van der Waals surface area contributed by atoms with Crippen LogP contribution in [0.3, 0.4) is 0 Å². The molecule has 0 amide bonds. The van der Waals surface area contributed by atoms with Crippen molar-refractivity contribution in [3.05, 3.63) is 29.3 Å². The SMILES string of the molecule is COCCN(CCC#N)c1ccc(CO)cc1C. The lowest BCUT2D eigenvalue weighted by atomic mass is 10.1. The van der Waals surface area contributed by atoms with Gasteiger partial charge in [0, 0.05) is 25.9 Å². The van der Waals surface area contributed by atoms with Crippen molar-refractivity contribution in [3.63, 3.8) is 0 Å². The van der Waals surface area contributed by atoms with Crippen molar-refractivity contribution in [3.8, 4) is 6.07 Å². The van der Waals surface area contributed by atoms with E-state index >= 15 is 0 Å². The van der Waals surface area contributed by atoms with Crippen LogP contribution in [0.15, 0.2) is 18.2 Å². The van der Waals surface area contributed by atoms with Crippen molar-refractivity contribution >= 4 is 5.69 Å². The molecular formula is C14H20N2O2. The second kappa shape index (κ2) is 7.70. The summed E-state index contributed by atoms with van der Waals surface area (Å²) >= 11 is 0. The molecule has 1 rings (SSSR count). The van der Waals surface area contributed by atoms with E-state index in [0.717, 1.165) is 23.4 Å². The van der Waals surface area contributed by atoms with Crippen LogP contribution in [0.1, 0.15) is 17.5 Å². The highest BCUT2D eigenvalue weighted by molar-refractivity contribution is 5.54. The summed E-state index contributed by atoms with van der Waals surface area (Å²) in [5.74, 6) is 0. The van der Waals surface area contributed by atoms with Gasteiger partial charge in [0.25, 0.3) is 0 Å². The summed E-state index contributed by atoms with van der Waals surface area (Å²) in [6.07, 6.45) is 0.491. The predicted octanol–water partition coefficient (Wildman–Crippen LogP) is 1.85. The zero-order valence-electron chi connectivity index (χ0n) is 11.0. The third-order valence-electron chi connectivity index (χ3n) is 2.84. The van der Waals surface area contributed by atoms with E-state index in [1.54, 1.807) is 7.11 Å². The van der Waals surface area contributed by atoms with Gasteiger partial charge >= 0.3 is 0 Å². The van der Waals surface area contributed by atoms with Crippen molar-refractivity contribution < 1.29 is 9.84 Å². The van der Waals surface area contributed by atoms with E-state index in [1.165, 1.54) is 0 Å². The van der Waals surface area contributed by atoms with E-state index in [1.807, 2.05) is 25.1 Å². The standard InChI is InChI=1S/C14H20N2O2/c1-12-10-13(11-17)4-5-14(12)16(7-3-6-15)8-9-18-2/h4-5,10,17H,3,7-9,11H2,1-2H3. The topological polar surface area (TPSA) is 56.5 Å². The molecule has 1 aromatic rings. The van der Waals surface area contributed by atoms with Crippen LogP contribution in [-0.2, 0) is 11.3 Å². The maximum Gasteiger partial charge on any atom is 0.0681 e. The summed E-state index contributed by atoms with van der Waals surface area (Å²) in [5.41, 5.74) is 3.11. The number of aryl methyl sites for hydroxylation is 1. The average Bonchev–Trinajstić information content (AvgIpc) is 2.39. The summed E-state index contributed by atoms with van der Waals surface area (Å²) in [6, 6.07) is 8.04. The van der Waals surface area contributed by atoms with Crippen molar-refractivity contribution in [1.82, 2.24) is 0 Å². The van der Waals surface area contributed by atoms with Gasteiger partial charge in [-0.2, -0.15) is 5.26 Å².